The number of amides is 1. The Balaban J connectivity index is 2.01. The maximum atomic E-state index is 12.8. The number of benzene rings is 2. The number of carbonyl (C=O) groups excluding carboxylic acids is 1. The minimum atomic E-state index is -0.334. The van der Waals surface area contributed by atoms with Gasteiger partial charge in [0.05, 0.1) is 6.61 Å². The quantitative estimate of drug-likeness (QED) is 0.806. The van der Waals surface area contributed by atoms with E-state index in [0.717, 1.165) is 12.8 Å². The normalized spacial score (nSPS) is 10.2. The highest BCUT2D eigenvalue weighted by Gasteiger charge is 2.07. The van der Waals surface area contributed by atoms with Crippen LogP contribution in [-0.4, -0.2) is 12.5 Å². The molecular formula is C17H18FNO2. The molecule has 2 rings (SSSR count). The Morgan fingerprint density at radius 3 is 2.67 bits per heavy atom. The molecule has 0 radical (unpaired) electrons. The Hall–Kier alpha value is -2.36. The number of carbonyl (C=O) groups is 1. The van der Waals surface area contributed by atoms with Crippen LogP contribution in [0.4, 0.5) is 10.1 Å². The zero-order valence-electron chi connectivity index (χ0n) is 11.9. The maximum absolute atomic E-state index is 12.8. The van der Waals surface area contributed by atoms with E-state index in [-0.39, 0.29) is 11.7 Å². The van der Waals surface area contributed by atoms with Crippen molar-refractivity contribution >= 4 is 11.6 Å². The standard InChI is InChI=1S/C17H18FNO2/c1-2-3-11-21-16-6-4-5-13(12-16)17(20)19-15-9-7-14(18)8-10-15/h4-10,12H,2-3,11H2,1H3,(H,19,20). The van der Waals surface area contributed by atoms with Gasteiger partial charge in [-0.2, -0.15) is 0 Å². The van der Waals surface area contributed by atoms with Gasteiger partial charge in [-0.05, 0) is 48.9 Å². The van der Waals surface area contributed by atoms with Crippen molar-refractivity contribution < 1.29 is 13.9 Å². The average Bonchev–Trinajstić information content (AvgIpc) is 2.50. The van der Waals surface area contributed by atoms with Gasteiger partial charge in [0.1, 0.15) is 11.6 Å². The van der Waals surface area contributed by atoms with Gasteiger partial charge in [0.2, 0.25) is 0 Å². The van der Waals surface area contributed by atoms with Crippen LogP contribution < -0.4 is 10.1 Å². The van der Waals surface area contributed by atoms with Gasteiger partial charge in [-0.15, -0.1) is 0 Å². The van der Waals surface area contributed by atoms with Gasteiger partial charge in [0.15, 0.2) is 0 Å². The van der Waals surface area contributed by atoms with Crippen molar-refractivity contribution in [3.8, 4) is 5.75 Å². The SMILES string of the molecule is CCCCOc1cccc(C(=O)Nc2ccc(F)cc2)c1. The Bertz CT molecular complexity index is 596. The van der Waals surface area contributed by atoms with Crippen molar-refractivity contribution in [2.24, 2.45) is 0 Å². The number of rotatable bonds is 6. The van der Waals surface area contributed by atoms with Crippen molar-refractivity contribution in [2.75, 3.05) is 11.9 Å². The van der Waals surface area contributed by atoms with E-state index in [0.29, 0.717) is 23.6 Å². The molecule has 0 heterocycles. The van der Waals surface area contributed by atoms with Gasteiger partial charge < -0.3 is 10.1 Å². The lowest BCUT2D eigenvalue weighted by atomic mass is 10.2. The van der Waals surface area contributed by atoms with Crippen molar-refractivity contribution in [3.05, 3.63) is 59.9 Å². The van der Waals surface area contributed by atoms with E-state index in [9.17, 15) is 9.18 Å². The average molecular weight is 287 g/mol. The summed E-state index contributed by atoms with van der Waals surface area (Å²) in [5.74, 6) is 0.0945. The Morgan fingerprint density at radius 2 is 1.95 bits per heavy atom. The molecule has 1 N–H and O–H groups in total. The Morgan fingerprint density at radius 1 is 1.19 bits per heavy atom. The summed E-state index contributed by atoms with van der Waals surface area (Å²) in [4.78, 5) is 12.1. The molecule has 1 amide bonds. The van der Waals surface area contributed by atoms with E-state index in [4.69, 9.17) is 4.74 Å². The van der Waals surface area contributed by atoms with Gasteiger partial charge in [-0.25, -0.2) is 4.39 Å². The molecule has 0 spiro atoms. The molecule has 0 aliphatic heterocycles. The molecule has 0 aliphatic rings. The monoisotopic (exact) mass is 287 g/mol. The number of hydrogen-bond donors (Lipinski definition) is 1. The first-order chi connectivity index (χ1) is 10.2. The van der Waals surface area contributed by atoms with Gasteiger partial charge in [0.25, 0.3) is 5.91 Å². The number of halogens is 1. The molecule has 0 saturated carbocycles. The molecule has 21 heavy (non-hydrogen) atoms. The van der Waals surface area contributed by atoms with Crippen molar-refractivity contribution in [2.45, 2.75) is 19.8 Å². The number of ether oxygens (including phenoxy) is 1. The first kappa shape index (κ1) is 15.0. The second kappa shape index (κ2) is 7.43. The molecule has 0 unspecified atom stereocenters. The van der Waals surface area contributed by atoms with E-state index < -0.39 is 0 Å². The van der Waals surface area contributed by atoms with Gasteiger partial charge in [0, 0.05) is 11.3 Å². The van der Waals surface area contributed by atoms with Gasteiger partial charge >= 0.3 is 0 Å². The van der Waals surface area contributed by atoms with Crippen molar-refractivity contribution in [3.63, 3.8) is 0 Å². The van der Waals surface area contributed by atoms with Crippen LogP contribution in [0.15, 0.2) is 48.5 Å². The lowest BCUT2D eigenvalue weighted by Gasteiger charge is -2.08. The molecule has 0 bridgehead atoms. The van der Waals surface area contributed by atoms with Crippen LogP contribution in [0.3, 0.4) is 0 Å². The Kier molecular flexibility index (Phi) is 5.32. The predicted octanol–water partition coefficient (Wildman–Crippen LogP) is 4.26. The first-order valence-corrected chi connectivity index (χ1v) is 6.99. The molecule has 0 saturated heterocycles. The summed E-state index contributed by atoms with van der Waals surface area (Å²) in [6.45, 7) is 2.73. The molecule has 0 aromatic heterocycles. The highest BCUT2D eigenvalue weighted by molar-refractivity contribution is 6.04. The van der Waals surface area contributed by atoms with Gasteiger partial charge in [-0.3, -0.25) is 4.79 Å². The number of nitrogens with one attached hydrogen (secondary N) is 1. The first-order valence-electron chi connectivity index (χ1n) is 6.99. The zero-order chi connectivity index (χ0) is 15.1. The number of unbranched alkanes of at least 4 members (excludes halogenated alkanes) is 1. The van der Waals surface area contributed by atoms with Crippen LogP contribution in [0.5, 0.6) is 5.75 Å². The molecule has 0 atom stereocenters. The van der Waals surface area contributed by atoms with E-state index >= 15 is 0 Å². The maximum Gasteiger partial charge on any atom is 0.255 e. The smallest absolute Gasteiger partial charge is 0.255 e. The fourth-order valence-electron chi connectivity index (χ4n) is 1.80. The molecule has 0 fully saturated rings. The number of anilines is 1. The third kappa shape index (κ3) is 4.60. The highest BCUT2D eigenvalue weighted by atomic mass is 19.1. The third-order valence-corrected chi connectivity index (χ3v) is 2.96. The summed E-state index contributed by atoms with van der Waals surface area (Å²) < 4.78 is 18.4. The van der Waals surface area contributed by atoms with Crippen molar-refractivity contribution in [1.82, 2.24) is 0 Å². The van der Waals surface area contributed by atoms with Gasteiger partial charge in [-0.1, -0.05) is 19.4 Å². The largest absolute Gasteiger partial charge is 0.494 e. The molecule has 0 aliphatic carbocycles. The summed E-state index contributed by atoms with van der Waals surface area (Å²) in [7, 11) is 0. The fourth-order valence-corrected chi connectivity index (χ4v) is 1.80. The van der Waals surface area contributed by atoms with Crippen LogP contribution in [-0.2, 0) is 0 Å². The van der Waals surface area contributed by atoms with Crippen LogP contribution in [0, 0.1) is 5.82 Å². The summed E-state index contributed by atoms with van der Waals surface area (Å²) in [6, 6.07) is 12.7. The third-order valence-electron chi connectivity index (χ3n) is 2.96. The predicted molar refractivity (Wildman–Crippen MR) is 81.2 cm³/mol. The fraction of sp³-hybridized carbons (Fsp3) is 0.235. The topological polar surface area (TPSA) is 38.3 Å². The minimum absolute atomic E-state index is 0.248. The molecule has 3 nitrogen and oxygen atoms in total. The van der Waals surface area contributed by atoms with Crippen LogP contribution >= 0.6 is 0 Å². The summed E-state index contributed by atoms with van der Waals surface area (Å²) in [6.07, 6.45) is 2.04. The van der Waals surface area contributed by atoms with E-state index in [1.54, 1.807) is 18.2 Å². The van der Waals surface area contributed by atoms with Crippen LogP contribution in [0.25, 0.3) is 0 Å². The molecule has 2 aromatic rings. The lowest BCUT2D eigenvalue weighted by molar-refractivity contribution is 0.102. The van der Waals surface area contributed by atoms with Crippen LogP contribution in [0.2, 0.25) is 0 Å². The molecular weight excluding hydrogens is 269 g/mol. The van der Waals surface area contributed by atoms with E-state index in [1.165, 1.54) is 24.3 Å². The zero-order valence-corrected chi connectivity index (χ0v) is 11.9. The molecule has 110 valence electrons. The summed E-state index contributed by atoms with van der Waals surface area (Å²) in [5.41, 5.74) is 1.06. The summed E-state index contributed by atoms with van der Waals surface area (Å²) in [5, 5.41) is 2.72. The number of hydrogen-bond acceptors (Lipinski definition) is 2. The minimum Gasteiger partial charge on any atom is -0.494 e. The highest BCUT2D eigenvalue weighted by Crippen LogP contribution is 2.16. The van der Waals surface area contributed by atoms with Crippen molar-refractivity contribution in [1.29, 1.82) is 0 Å². The molecule has 2 aromatic carbocycles. The Labute approximate surface area is 123 Å². The second-order valence-electron chi connectivity index (χ2n) is 4.69. The lowest BCUT2D eigenvalue weighted by Crippen LogP contribution is -2.12. The summed E-state index contributed by atoms with van der Waals surface area (Å²) >= 11 is 0. The second-order valence-corrected chi connectivity index (χ2v) is 4.69. The van der Waals surface area contributed by atoms with E-state index in [2.05, 4.69) is 12.2 Å². The molecule has 4 heteroatoms. The van der Waals surface area contributed by atoms with Crippen LogP contribution in [0.1, 0.15) is 30.1 Å². The van der Waals surface area contributed by atoms with E-state index in [1.807, 2.05) is 6.07 Å².